The summed E-state index contributed by atoms with van der Waals surface area (Å²) in [5.74, 6) is 0.0651. The van der Waals surface area contributed by atoms with E-state index in [0.29, 0.717) is 15.7 Å². The molecule has 0 aliphatic heterocycles. The van der Waals surface area contributed by atoms with Gasteiger partial charge in [0, 0.05) is 24.3 Å². The molecule has 0 bridgehead atoms. The number of aliphatic hydroxyl groups is 1. The second kappa shape index (κ2) is 11.5. The highest BCUT2D eigenvalue weighted by molar-refractivity contribution is 7.84. The second-order valence-corrected chi connectivity index (χ2v) is 11.8. The predicted molar refractivity (Wildman–Crippen MR) is 142 cm³/mol. The number of hydrogen-bond donors (Lipinski definition) is 3. The summed E-state index contributed by atoms with van der Waals surface area (Å²) in [6.45, 7) is 0. The van der Waals surface area contributed by atoms with Gasteiger partial charge in [-0.05, 0) is 61.6 Å². The number of ketones is 1. The van der Waals surface area contributed by atoms with Gasteiger partial charge >= 0.3 is 10.3 Å². The lowest BCUT2D eigenvalue weighted by Crippen LogP contribution is -2.31. The van der Waals surface area contributed by atoms with Gasteiger partial charge in [-0.15, -0.1) is 11.3 Å². The predicted octanol–water partition coefficient (Wildman–Crippen LogP) is 2.86. The molecular formula is C24H28ClN5O5S2. The summed E-state index contributed by atoms with van der Waals surface area (Å²) in [7, 11) is 1.21. The van der Waals surface area contributed by atoms with E-state index >= 15 is 0 Å². The molecular weight excluding hydrogens is 538 g/mol. The van der Waals surface area contributed by atoms with Gasteiger partial charge in [0.1, 0.15) is 18.2 Å². The molecule has 0 radical (unpaired) electrons. The van der Waals surface area contributed by atoms with Gasteiger partial charge < -0.3 is 10.4 Å². The maximum atomic E-state index is 13.5. The number of carbonyl (C=O) groups excluding carboxylic acids is 1. The Labute approximate surface area is 224 Å². The standard InChI is InChI=1S/C24H28ClN5O5S2/c1-26-37(33,34)35-20-10-17(9-19(20)31)29-24-18(11-27-13-28-24)23(32)21-8-15(12-36-21)22(30(2)3)14-5-4-6-16(25)7-14/h4-8,11-13,17,19-20,22,26,31H,9-10H2,1-3H3,(H,27,28,29)/t17-,19+,20-,22-/m1/s1. The lowest BCUT2D eigenvalue weighted by Gasteiger charge is -2.24. The molecule has 4 atom stereocenters. The minimum absolute atomic E-state index is 0.0908. The van der Waals surface area contributed by atoms with Crippen molar-refractivity contribution < 1.29 is 22.5 Å². The van der Waals surface area contributed by atoms with Gasteiger partial charge in [-0.2, -0.15) is 13.1 Å². The summed E-state index contributed by atoms with van der Waals surface area (Å²) in [4.78, 5) is 24.3. The van der Waals surface area contributed by atoms with Gasteiger partial charge in [0.15, 0.2) is 0 Å². The molecule has 1 saturated carbocycles. The number of hydrogen-bond acceptors (Lipinski definition) is 10. The maximum Gasteiger partial charge on any atom is 0.335 e. The molecule has 1 aliphatic rings. The summed E-state index contributed by atoms with van der Waals surface area (Å²) in [6, 6.07) is 9.05. The fraction of sp³-hybridized carbons (Fsp3) is 0.375. The van der Waals surface area contributed by atoms with Crippen molar-refractivity contribution >= 4 is 44.8 Å². The Kier molecular flexibility index (Phi) is 8.59. The molecule has 3 aromatic rings. The second-order valence-electron chi connectivity index (χ2n) is 8.95. The monoisotopic (exact) mass is 565 g/mol. The van der Waals surface area contributed by atoms with Crippen LogP contribution in [0.3, 0.4) is 0 Å². The van der Waals surface area contributed by atoms with Crippen LogP contribution in [-0.4, -0.2) is 73.6 Å². The van der Waals surface area contributed by atoms with Gasteiger partial charge in [-0.1, -0.05) is 23.7 Å². The quantitative estimate of drug-likeness (QED) is 0.317. The van der Waals surface area contributed by atoms with Crippen molar-refractivity contribution in [3.8, 4) is 0 Å². The Morgan fingerprint density at radius 1 is 1.27 bits per heavy atom. The Morgan fingerprint density at radius 2 is 2.05 bits per heavy atom. The number of benzene rings is 1. The third kappa shape index (κ3) is 6.52. The smallest absolute Gasteiger partial charge is 0.335 e. The molecule has 1 fully saturated rings. The summed E-state index contributed by atoms with van der Waals surface area (Å²) < 4.78 is 30.5. The van der Waals surface area contributed by atoms with Crippen molar-refractivity contribution in [3.63, 3.8) is 0 Å². The topological polar surface area (TPSA) is 134 Å². The van der Waals surface area contributed by atoms with E-state index in [1.807, 2.05) is 49.8 Å². The number of anilines is 1. The molecule has 1 aliphatic carbocycles. The first-order valence-electron chi connectivity index (χ1n) is 11.5. The summed E-state index contributed by atoms with van der Waals surface area (Å²) in [5.41, 5.74) is 2.25. The summed E-state index contributed by atoms with van der Waals surface area (Å²) in [5, 5.41) is 16.0. The molecule has 198 valence electrons. The van der Waals surface area contributed by atoms with Crippen molar-refractivity contribution in [1.82, 2.24) is 19.6 Å². The number of aliphatic hydroxyl groups excluding tert-OH is 1. The molecule has 4 rings (SSSR count). The zero-order valence-electron chi connectivity index (χ0n) is 20.5. The van der Waals surface area contributed by atoms with Crippen LogP contribution in [0.15, 0.2) is 48.2 Å². The first-order valence-corrected chi connectivity index (χ1v) is 14.2. The fourth-order valence-corrected chi connectivity index (χ4v) is 6.13. The average Bonchev–Trinajstić information content (AvgIpc) is 3.45. The summed E-state index contributed by atoms with van der Waals surface area (Å²) in [6.07, 6.45) is 1.32. The Hall–Kier alpha value is -2.45. The van der Waals surface area contributed by atoms with Gasteiger partial charge in [-0.25, -0.2) is 9.97 Å². The van der Waals surface area contributed by atoms with E-state index in [1.54, 1.807) is 0 Å². The first kappa shape index (κ1) is 27.6. The van der Waals surface area contributed by atoms with Gasteiger partial charge in [0.05, 0.1) is 22.6 Å². The van der Waals surface area contributed by atoms with Crippen LogP contribution in [0.4, 0.5) is 5.82 Å². The fourth-order valence-electron chi connectivity index (χ4n) is 4.42. The van der Waals surface area contributed by atoms with Crippen LogP contribution in [0.1, 0.15) is 45.2 Å². The number of aromatic nitrogens is 2. The number of nitrogens with one attached hydrogen (secondary N) is 2. The number of nitrogens with zero attached hydrogens (tertiary/aromatic N) is 3. The van der Waals surface area contributed by atoms with Crippen molar-refractivity contribution in [2.75, 3.05) is 26.5 Å². The molecule has 0 unspecified atom stereocenters. The lowest BCUT2D eigenvalue weighted by molar-refractivity contribution is 0.0636. The molecule has 1 aromatic carbocycles. The van der Waals surface area contributed by atoms with E-state index in [0.717, 1.165) is 11.1 Å². The number of carbonyl (C=O) groups is 1. The maximum absolute atomic E-state index is 13.5. The number of halogens is 1. The molecule has 0 spiro atoms. The van der Waals surface area contributed by atoms with Crippen molar-refractivity contribution in [2.24, 2.45) is 0 Å². The van der Waals surface area contributed by atoms with Crippen LogP contribution in [0.25, 0.3) is 0 Å². The van der Waals surface area contributed by atoms with E-state index in [4.69, 9.17) is 15.8 Å². The van der Waals surface area contributed by atoms with Crippen LogP contribution < -0.4 is 10.0 Å². The van der Waals surface area contributed by atoms with Crippen molar-refractivity contribution in [1.29, 1.82) is 0 Å². The van der Waals surface area contributed by atoms with Crippen LogP contribution in [0.5, 0.6) is 0 Å². The Morgan fingerprint density at radius 3 is 2.76 bits per heavy atom. The zero-order valence-corrected chi connectivity index (χ0v) is 22.8. The molecule has 10 nitrogen and oxygen atoms in total. The van der Waals surface area contributed by atoms with Crippen LogP contribution in [-0.2, 0) is 14.5 Å². The normalized spacial score (nSPS) is 20.8. The highest BCUT2D eigenvalue weighted by atomic mass is 35.5. The van der Waals surface area contributed by atoms with Gasteiger partial charge in [0.25, 0.3) is 0 Å². The first-order chi connectivity index (χ1) is 17.6. The number of rotatable bonds is 10. The SMILES string of the molecule is CNS(=O)(=O)O[C@@H]1C[C@H](Nc2ncncc2C(=O)c2cc([C@@H](c3cccc(Cl)c3)N(C)C)cs2)C[C@@H]1O. The minimum Gasteiger partial charge on any atom is -0.390 e. The average molecular weight is 566 g/mol. The highest BCUT2D eigenvalue weighted by Crippen LogP contribution is 2.33. The molecule has 0 amide bonds. The molecule has 2 aromatic heterocycles. The van der Waals surface area contributed by atoms with Crippen LogP contribution in [0, 0.1) is 0 Å². The Bertz CT molecular complexity index is 1370. The summed E-state index contributed by atoms with van der Waals surface area (Å²) >= 11 is 7.55. The Balaban J connectivity index is 1.53. The lowest BCUT2D eigenvalue weighted by atomic mass is 9.99. The third-order valence-electron chi connectivity index (χ3n) is 6.11. The molecule has 13 heteroatoms. The van der Waals surface area contributed by atoms with E-state index in [1.165, 1.54) is 30.9 Å². The zero-order chi connectivity index (χ0) is 26.7. The molecule has 3 N–H and O–H groups in total. The minimum atomic E-state index is -3.95. The van der Waals surface area contributed by atoms with E-state index in [9.17, 15) is 18.3 Å². The number of thiophene rings is 1. The van der Waals surface area contributed by atoms with E-state index < -0.39 is 22.5 Å². The molecule has 0 saturated heterocycles. The molecule has 2 heterocycles. The van der Waals surface area contributed by atoms with Gasteiger partial charge in [-0.3, -0.25) is 13.9 Å². The van der Waals surface area contributed by atoms with E-state index in [-0.39, 0.29) is 36.3 Å². The molecule has 37 heavy (non-hydrogen) atoms. The van der Waals surface area contributed by atoms with Crippen molar-refractivity contribution in [3.05, 3.63) is 74.8 Å². The van der Waals surface area contributed by atoms with E-state index in [2.05, 4.69) is 24.9 Å². The van der Waals surface area contributed by atoms with Gasteiger partial charge in [0.2, 0.25) is 5.78 Å². The van der Waals surface area contributed by atoms with Crippen molar-refractivity contribution in [2.45, 2.75) is 37.1 Å². The largest absolute Gasteiger partial charge is 0.390 e. The van der Waals surface area contributed by atoms with Crippen LogP contribution in [0.2, 0.25) is 5.02 Å². The van der Waals surface area contributed by atoms with Crippen LogP contribution >= 0.6 is 22.9 Å². The third-order valence-corrected chi connectivity index (χ3v) is 8.29. The highest BCUT2D eigenvalue weighted by Gasteiger charge is 2.37.